The number of thiocarbonyl (C=S) groups is 1. The second-order valence-corrected chi connectivity index (χ2v) is 6.07. The summed E-state index contributed by atoms with van der Waals surface area (Å²) in [7, 11) is 0. The molecule has 8 heteroatoms. The van der Waals surface area contributed by atoms with Gasteiger partial charge < -0.3 is 25.0 Å². The predicted molar refractivity (Wildman–Crippen MR) is 104 cm³/mol. The molecule has 0 bridgehead atoms. The van der Waals surface area contributed by atoms with Gasteiger partial charge >= 0.3 is 6.09 Å². The van der Waals surface area contributed by atoms with Crippen molar-refractivity contribution in [3.8, 4) is 0 Å². The SMILES string of the molecule is CCC(C)NC(=O)OC(OC(=S)N1CCNCC1)c1ccccc1.Cl. The second-order valence-electron chi connectivity index (χ2n) is 5.72. The molecule has 1 aliphatic heterocycles. The molecule has 1 saturated heterocycles. The molecule has 0 aliphatic carbocycles. The zero-order valence-corrected chi connectivity index (χ0v) is 16.2. The van der Waals surface area contributed by atoms with Gasteiger partial charge in [0.05, 0.1) is 0 Å². The van der Waals surface area contributed by atoms with Crippen LogP contribution in [0.15, 0.2) is 30.3 Å². The Balaban J connectivity index is 0.00000312. The molecule has 2 atom stereocenters. The van der Waals surface area contributed by atoms with Crippen LogP contribution in [0.2, 0.25) is 0 Å². The van der Waals surface area contributed by atoms with E-state index in [0.717, 1.165) is 38.2 Å². The molecule has 0 radical (unpaired) electrons. The quantitative estimate of drug-likeness (QED) is 0.598. The topological polar surface area (TPSA) is 62.8 Å². The van der Waals surface area contributed by atoms with Crippen LogP contribution in [0.3, 0.4) is 0 Å². The summed E-state index contributed by atoms with van der Waals surface area (Å²) in [5.74, 6) is 0. The van der Waals surface area contributed by atoms with Crippen molar-refractivity contribution in [2.24, 2.45) is 0 Å². The highest BCUT2D eigenvalue weighted by molar-refractivity contribution is 7.80. The largest absolute Gasteiger partial charge is 0.426 e. The average Bonchev–Trinajstić information content (AvgIpc) is 2.62. The lowest BCUT2D eigenvalue weighted by Crippen LogP contribution is -2.47. The van der Waals surface area contributed by atoms with Gasteiger partial charge in [-0.25, -0.2) is 4.79 Å². The number of nitrogens with one attached hydrogen (secondary N) is 2. The first kappa shape index (κ1) is 21.5. The molecular formula is C17H26ClN3O3S. The highest BCUT2D eigenvalue weighted by Crippen LogP contribution is 2.20. The molecule has 140 valence electrons. The van der Waals surface area contributed by atoms with Crippen molar-refractivity contribution in [3.63, 3.8) is 0 Å². The molecule has 25 heavy (non-hydrogen) atoms. The number of halogens is 1. The summed E-state index contributed by atoms with van der Waals surface area (Å²) in [4.78, 5) is 14.0. The lowest BCUT2D eigenvalue weighted by molar-refractivity contribution is -0.0517. The molecule has 0 saturated carbocycles. The average molecular weight is 388 g/mol. The number of carbonyl (C=O) groups excluding carboxylic acids is 1. The van der Waals surface area contributed by atoms with Gasteiger partial charge in [0, 0.05) is 37.8 Å². The summed E-state index contributed by atoms with van der Waals surface area (Å²) in [5, 5.41) is 6.39. The maximum absolute atomic E-state index is 12.1. The summed E-state index contributed by atoms with van der Waals surface area (Å²) in [6.45, 7) is 7.18. The minimum Gasteiger partial charge on any atom is -0.426 e. The number of ether oxygens (including phenoxy) is 2. The van der Waals surface area contributed by atoms with Gasteiger partial charge in [0.1, 0.15) is 0 Å². The van der Waals surface area contributed by atoms with E-state index in [2.05, 4.69) is 10.6 Å². The van der Waals surface area contributed by atoms with E-state index >= 15 is 0 Å². The van der Waals surface area contributed by atoms with Crippen LogP contribution in [-0.2, 0) is 9.47 Å². The third-order valence-electron chi connectivity index (χ3n) is 3.85. The summed E-state index contributed by atoms with van der Waals surface area (Å²) < 4.78 is 11.3. The molecule has 2 N–H and O–H groups in total. The fourth-order valence-corrected chi connectivity index (χ4v) is 2.49. The van der Waals surface area contributed by atoms with Gasteiger partial charge in [-0.3, -0.25) is 0 Å². The van der Waals surface area contributed by atoms with Crippen LogP contribution in [0.4, 0.5) is 4.79 Å². The van der Waals surface area contributed by atoms with Crippen molar-refractivity contribution < 1.29 is 14.3 Å². The van der Waals surface area contributed by atoms with Crippen molar-refractivity contribution in [2.75, 3.05) is 26.2 Å². The standard InChI is InChI=1S/C17H25N3O3S.ClH/c1-3-13(2)19-16(21)22-15(14-7-5-4-6-8-14)23-17(24)20-11-9-18-10-12-20;/h4-8,13,15,18H,3,9-12H2,1-2H3,(H,19,21);1H. The monoisotopic (exact) mass is 387 g/mol. The molecule has 0 spiro atoms. The van der Waals surface area contributed by atoms with Crippen molar-refractivity contribution in [2.45, 2.75) is 32.6 Å². The van der Waals surface area contributed by atoms with E-state index in [9.17, 15) is 4.79 Å². The Labute approximate surface area is 160 Å². The lowest BCUT2D eigenvalue weighted by atomic mass is 10.2. The number of nitrogens with zero attached hydrogens (tertiary/aromatic N) is 1. The molecule has 6 nitrogen and oxygen atoms in total. The molecule has 1 fully saturated rings. The molecule has 1 amide bonds. The molecule has 1 aliphatic rings. The van der Waals surface area contributed by atoms with Crippen LogP contribution in [0, 0.1) is 0 Å². The first-order valence-corrected chi connectivity index (χ1v) is 8.69. The van der Waals surface area contributed by atoms with Gasteiger partial charge in [0.15, 0.2) is 0 Å². The van der Waals surface area contributed by atoms with Gasteiger partial charge in [-0.1, -0.05) is 37.3 Å². The van der Waals surface area contributed by atoms with Crippen LogP contribution in [-0.4, -0.2) is 48.4 Å². The molecule has 0 aromatic heterocycles. The fraction of sp³-hybridized carbons (Fsp3) is 0.529. The Kier molecular flexibility index (Phi) is 9.55. The van der Waals surface area contributed by atoms with Gasteiger partial charge in [-0.15, -0.1) is 12.4 Å². The van der Waals surface area contributed by atoms with Gasteiger partial charge in [0.2, 0.25) is 0 Å². The number of piperazine rings is 1. The number of carbonyl (C=O) groups is 1. The minimum atomic E-state index is -0.863. The van der Waals surface area contributed by atoms with Crippen molar-refractivity contribution in [1.29, 1.82) is 0 Å². The maximum Gasteiger partial charge on any atom is 0.410 e. The number of hydrogen-bond donors (Lipinski definition) is 2. The minimum absolute atomic E-state index is 0. The first-order valence-electron chi connectivity index (χ1n) is 8.28. The molecule has 1 heterocycles. The normalized spacial score (nSPS) is 16.2. The van der Waals surface area contributed by atoms with Crippen LogP contribution in [0.5, 0.6) is 0 Å². The van der Waals surface area contributed by atoms with Gasteiger partial charge in [-0.2, -0.15) is 0 Å². The Hall–Kier alpha value is -1.57. The zero-order valence-electron chi connectivity index (χ0n) is 14.6. The lowest BCUT2D eigenvalue weighted by Gasteiger charge is -2.31. The Morgan fingerprint density at radius 1 is 1.28 bits per heavy atom. The number of amides is 1. The second kappa shape index (κ2) is 11.1. The zero-order chi connectivity index (χ0) is 17.4. The van der Waals surface area contributed by atoms with Crippen molar-refractivity contribution >= 4 is 35.9 Å². The Morgan fingerprint density at radius 3 is 2.52 bits per heavy atom. The van der Waals surface area contributed by atoms with Crippen molar-refractivity contribution in [3.05, 3.63) is 35.9 Å². The van der Waals surface area contributed by atoms with Crippen LogP contribution >= 0.6 is 24.6 Å². The summed E-state index contributed by atoms with van der Waals surface area (Å²) in [6, 6.07) is 9.37. The smallest absolute Gasteiger partial charge is 0.410 e. The van der Waals surface area contributed by atoms with Gasteiger partial charge in [0.25, 0.3) is 11.5 Å². The fourth-order valence-electron chi connectivity index (χ4n) is 2.22. The van der Waals surface area contributed by atoms with Crippen molar-refractivity contribution in [1.82, 2.24) is 15.5 Å². The number of alkyl carbamates (subject to hydrolysis) is 1. The summed E-state index contributed by atoms with van der Waals surface area (Å²) >= 11 is 5.38. The summed E-state index contributed by atoms with van der Waals surface area (Å²) in [5.41, 5.74) is 0.745. The molecular weight excluding hydrogens is 362 g/mol. The van der Waals surface area contributed by atoms with E-state index in [0.29, 0.717) is 5.17 Å². The predicted octanol–water partition coefficient (Wildman–Crippen LogP) is 2.84. The highest BCUT2D eigenvalue weighted by Gasteiger charge is 2.23. The van der Waals surface area contributed by atoms with E-state index in [1.807, 2.05) is 49.1 Å². The van der Waals surface area contributed by atoms with E-state index in [-0.39, 0.29) is 18.4 Å². The molecule has 2 rings (SSSR count). The van der Waals surface area contributed by atoms with Gasteiger partial charge in [-0.05, 0) is 25.6 Å². The Morgan fingerprint density at radius 2 is 1.92 bits per heavy atom. The van der Waals surface area contributed by atoms with E-state index in [1.54, 1.807) is 0 Å². The van der Waals surface area contributed by atoms with Crippen LogP contribution in [0.25, 0.3) is 0 Å². The van der Waals surface area contributed by atoms with E-state index < -0.39 is 12.4 Å². The van der Waals surface area contributed by atoms with Crippen LogP contribution < -0.4 is 10.6 Å². The molecule has 2 unspecified atom stereocenters. The third kappa shape index (κ3) is 7.05. The first-order chi connectivity index (χ1) is 11.6. The molecule has 1 aromatic rings. The van der Waals surface area contributed by atoms with E-state index in [4.69, 9.17) is 21.7 Å². The third-order valence-corrected chi connectivity index (χ3v) is 4.20. The highest BCUT2D eigenvalue weighted by atomic mass is 35.5. The number of benzene rings is 1. The summed E-state index contributed by atoms with van der Waals surface area (Å²) in [6.07, 6.45) is -0.551. The number of rotatable bonds is 5. The van der Waals surface area contributed by atoms with E-state index in [1.165, 1.54) is 0 Å². The Bertz CT molecular complexity index is 541. The van der Waals surface area contributed by atoms with Crippen LogP contribution in [0.1, 0.15) is 32.1 Å². The maximum atomic E-state index is 12.1. The molecule has 1 aromatic carbocycles. The number of hydrogen-bond acceptors (Lipinski definition) is 5.